The third-order valence-electron chi connectivity index (χ3n) is 1.92. The van der Waals surface area contributed by atoms with Crippen molar-refractivity contribution in [3.8, 4) is 5.88 Å². The molecule has 0 spiro atoms. The molecular weight excluding hydrogens is 226 g/mol. The second-order valence-electron chi connectivity index (χ2n) is 3.02. The summed E-state index contributed by atoms with van der Waals surface area (Å²) >= 11 is 1.40. The first-order valence-electron chi connectivity index (χ1n) is 4.53. The first-order valence-corrected chi connectivity index (χ1v) is 5.34. The van der Waals surface area contributed by atoms with E-state index in [0.29, 0.717) is 11.6 Å². The van der Waals surface area contributed by atoms with Crippen molar-refractivity contribution < 1.29 is 4.74 Å². The molecule has 0 fully saturated rings. The van der Waals surface area contributed by atoms with Crippen LogP contribution in [0.25, 0.3) is 0 Å². The number of nitrogens with zero attached hydrogens (tertiary/aromatic N) is 4. The summed E-state index contributed by atoms with van der Waals surface area (Å²) in [6.45, 7) is 0. The van der Waals surface area contributed by atoms with Gasteiger partial charge in [0, 0.05) is 7.05 Å². The Hall–Kier alpha value is -1.76. The van der Waals surface area contributed by atoms with Crippen LogP contribution in [0, 0.1) is 0 Å². The lowest BCUT2D eigenvalue weighted by Crippen LogP contribution is -1.97. The van der Waals surface area contributed by atoms with E-state index >= 15 is 0 Å². The molecule has 16 heavy (non-hydrogen) atoms. The van der Waals surface area contributed by atoms with Gasteiger partial charge in [0.05, 0.1) is 12.8 Å². The minimum atomic E-state index is 0.423. The number of pyridine rings is 1. The average Bonchev–Trinajstić information content (AvgIpc) is 2.67. The van der Waals surface area contributed by atoms with Gasteiger partial charge < -0.3 is 10.5 Å². The summed E-state index contributed by atoms with van der Waals surface area (Å²) in [6, 6.07) is 3.57. The number of anilines is 1. The van der Waals surface area contributed by atoms with E-state index in [4.69, 9.17) is 10.5 Å². The van der Waals surface area contributed by atoms with Gasteiger partial charge in [-0.15, -0.1) is 0 Å². The monoisotopic (exact) mass is 237 g/mol. The third kappa shape index (κ3) is 2.08. The van der Waals surface area contributed by atoms with Crippen molar-refractivity contribution in [2.24, 2.45) is 7.05 Å². The van der Waals surface area contributed by atoms with E-state index in [1.807, 2.05) is 13.1 Å². The molecule has 7 heteroatoms. The van der Waals surface area contributed by atoms with Gasteiger partial charge in [-0.1, -0.05) is 0 Å². The van der Waals surface area contributed by atoms with E-state index in [9.17, 15) is 0 Å². The number of rotatable bonds is 3. The maximum absolute atomic E-state index is 5.67. The van der Waals surface area contributed by atoms with Crippen LogP contribution >= 0.6 is 11.8 Å². The van der Waals surface area contributed by atoms with Gasteiger partial charge in [0.15, 0.2) is 5.16 Å². The smallest absolute Gasteiger partial charge is 0.237 e. The zero-order valence-corrected chi connectivity index (χ0v) is 9.73. The molecule has 0 saturated carbocycles. The molecule has 0 bridgehead atoms. The van der Waals surface area contributed by atoms with Gasteiger partial charge in [-0.3, -0.25) is 0 Å². The molecule has 0 radical (unpaired) electrons. The van der Waals surface area contributed by atoms with Gasteiger partial charge in [-0.25, -0.2) is 14.6 Å². The number of ether oxygens (including phenoxy) is 1. The van der Waals surface area contributed by atoms with Crippen LogP contribution in [0.4, 0.5) is 5.69 Å². The summed E-state index contributed by atoms with van der Waals surface area (Å²) in [5.74, 6) is 0.423. The molecule has 2 aromatic heterocycles. The molecule has 2 N–H and O–H groups in total. The van der Waals surface area contributed by atoms with Crippen LogP contribution in [0.2, 0.25) is 0 Å². The Kier molecular flexibility index (Phi) is 2.95. The molecule has 2 aromatic rings. The molecule has 84 valence electrons. The summed E-state index contributed by atoms with van der Waals surface area (Å²) in [5, 5.41) is 5.50. The zero-order chi connectivity index (χ0) is 11.5. The highest BCUT2D eigenvalue weighted by molar-refractivity contribution is 7.99. The summed E-state index contributed by atoms with van der Waals surface area (Å²) in [4.78, 5) is 8.33. The number of aromatic nitrogens is 4. The predicted molar refractivity (Wildman–Crippen MR) is 60.3 cm³/mol. The minimum Gasteiger partial charge on any atom is -0.480 e. The van der Waals surface area contributed by atoms with E-state index in [1.165, 1.54) is 25.2 Å². The Morgan fingerprint density at radius 2 is 2.25 bits per heavy atom. The molecule has 0 aromatic carbocycles. The van der Waals surface area contributed by atoms with Gasteiger partial charge in [0.25, 0.3) is 0 Å². The summed E-state index contributed by atoms with van der Waals surface area (Å²) in [5.41, 5.74) is 6.19. The van der Waals surface area contributed by atoms with Crippen LogP contribution in [0.1, 0.15) is 0 Å². The highest BCUT2D eigenvalue weighted by Crippen LogP contribution is 2.27. The molecule has 6 nitrogen and oxygen atoms in total. The Balaban J connectivity index is 2.25. The fourth-order valence-corrected chi connectivity index (χ4v) is 1.86. The van der Waals surface area contributed by atoms with Crippen LogP contribution in [-0.2, 0) is 7.05 Å². The fraction of sp³-hybridized carbons (Fsp3) is 0.222. The molecule has 0 saturated heterocycles. The number of hydrogen-bond acceptors (Lipinski definition) is 6. The minimum absolute atomic E-state index is 0.423. The highest BCUT2D eigenvalue weighted by Gasteiger charge is 2.07. The Morgan fingerprint density at radius 3 is 2.88 bits per heavy atom. The highest BCUT2D eigenvalue weighted by atomic mass is 32.2. The van der Waals surface area contributed by atoms with Crippen molar-refractivity contribution in [2.45, 2.75) is 10.2 Å². The van der Waals surface area contributed by atoms with Crippen LogP contribution < -0.4 is 10.5 Å². The first kappa shape index (κ1) is 10.7. The molecule has 0 aliphatic rings. The van der Waals surface area contributed by atoms with Crippen LogP contribution in [-0.4, -0.2) is 26.9 Å². The fourth-order valence-electron chi connectivity index (χ4n) is 1.13. The van der Waals surface area contributed by atoms with E-state index in [-0.39, 0.29) is 0 Å². The zero-order valence-electron chi connectivity index (χ0n) is 8.91. The summed E-state index contributed by atoms with van der Waals surface area (Å²) in [6.07, 6.45) is 1.50. The van der Waals surface area contributed by atoms with Gasteiger partial charge in [-0.05, 0) is 23.9 Å². The largest absolute Gasteiger partial charge is 0.480 e. The van der Waals surface area contributed by atoms with Crippen LogP contribution in [0.3, 0.4) is 0 Å². The molecule has 0 aliphatic heterocycles. The lowest BCUT2D eigenvalue weighted by atomic mass is 10.4. The lowest BCUT2D eigenvalue weighted by Gasteiger charge is -2.05. The van der Waals surface area contributed by atoms with E-state index in [0.717, 1.165) is 10.2 Å². The quantitative estimate of drug-likeness (QED) is 0.856. The topological polar surface area (TPSA) is 78.9 Å². The Morgan fingerprint density at radius 1 is 1.44 bits per heavy atom. The predicted octanol–water partition coefficient (Wildman–Crippen LogP) is 0.952. The SMILES string of the molecule is COc1nc(Sc2ncnn2C)ccc1N. The van der Waals surface area contributed by atoms with Crippen LogP contribution in [0.15, 0.2) is 28.6 Å². The first-order chi connectivity index (χ1) is 7.70. The van der Waals surface area contributed by atoms with Crippen LogP contribution in [0.5, 0.6) is 5.88 Å². The standard InChI is InChI=1S/C9H11N5OS/c1-14-9(11-5-12-14)16-7-4-3-6(10)8(13-7)15-2/h3-5H,10H2,1-2H3. The number of nitrogens with two attached hydrogens (primary N) is 1. The van der Waals surface area contributed by atoms with Crippen molar-refractivity contribution in [1.82, 2.24) is 19.7 Å². The molecule has 0 unspecified atom stereocenters. The Bertz CT molecular complexity index is 498. The molecule has 0 aliphatic carbocycles. The normalized spacial score (nSPS) is 10.4. The van der Waals surface area contributed by atoms with E-state index < -0.39 is 0 Å². The van der Waals surface area contributed by atoms with Crippen molar-refractivity contribution >= 4 is 17.4 Å². The summed E-state index contributed by atoms with van der Waals surface area (Å²) in [7, 11) is 3.36. The third-order valence-corrected chi connectivity index (χ3v) is 2.91. The number of aryl methyl sites for hydroxylation is 1. The van der Waals surface area contributed by atoms with Gasteiger partial charge in [0.1, 0.15) is 11.4 Å². The van der Waals surface area contributed by atoms with Crippen molar-refractivity contribution in [3.63, 3.8) is 0 Å². The number of hydrogen-bond donors (Lipinski definition) is 1. The molecule has 0 amide bonds. The Labute approximate surface area is 96.8 Å². The average molecular weight is 237 g/mol. The second-order valence-corrected chi connectivity index (χ2v) is 4.00. The molecular formula is C9H11N5OS. The molecule has 0 atom stereocenters. The van der Waals surface area contributed by atoms with Gasteiger partial charge >= 0.3 is 0 Å². The summed E-state index contributed by atoms with van der Waals surface area (Å²) < 4.78 is 6.72. The van der Waals surface area contributed by atoms with Crippen molar-refractivity contribution in [3.05, 3.63) is 18.5 Å². The molecule has 2 rings (SSSR count). The van der Waals surface area contributed by atoms with Gasteiger partial charge in [0.2, 0.25) is 5.88 Å². The lowest BCUT2D eigenvalue weighted by molar-refractivity contribution is 0.397. The number of nitrogen functional groups attached to an aromatic ring is 1. The van der Waals surface area contributed by atoms with E-state index in [1.54, 1.807) is 10.7 Å². The van der Waals surface area contributed by atoms with E-state index in [2.05, 4.69) is 15.1 Å². The number of methoxy groups -OCH3 is 1. The van der Waals surface area contributed by atoms with Crippen molar-refractivity contribution in [2.75, 3.05) is 12.8 Å². The maximum atomic E-state index is 5.67. The van der Waals surface area contributed by atoms with Gasteiger partial charge in [-0.2, -0.15) is 5.10 Å². The molecule has 2 heterocycles. The second kappa shape index (κ2) is 4.40. The maximum Gasteiger partial charge on any atom is 0.237 e. The van der Waals surface area contributed by atoms with Crippen molar-refractivity contribution in [1.29, 1.82) is 0 Å².